The van der Waals surface area contributed by atoms with E-state index in [0.717, 1.165) is 12.8 Å². The van der Waals surface area contributed by atoms with Crippen LogP contribution >= 0.6 is 11.6 Å². The molecule has 0 heterocycles. The molecule has 5 nitrogen and oxygen atoms in total. The molecule has 0 atom stereocenters. The molecule has 2 rings (SSSR count). The fourth-order valence-corrected chi connectivity index (χ4v) is 3.25. The van der Waals surface area contributed by atoms with Crippen molar-refractivity contribution in [3.05, 3.63) is 59.1 Å². The molecule has 1 amide bonds. The van der Waals surface area contributed by atoms with E-state index in [1.165, 1.54) is 12.1 Å². The molecule has 0 aliphatic carbocycles. The molecule has 0 radical (unpaired) electrons. The highest BCUT2D eigenvalue weighted by Crippen LogP contribution is 2.19. The summed E-state index contributed by atoms with van der Waals surface area (Å²) in [6.45, 7) is 2.59. The van der Waals surface area contributed by atoms with Crippen LogP contribution in [0.25, 0.3) is 0 Å². The van der Waals surface area contributed by atoms with E-state index in [9.17, 15) is 13.2 Å². The number of benzene rings is 2. The lowest BCUT2D eigenvalue weighted by Gasteiger charge is -2.10. The maximum atomic E-state index is 12.4. The van der Waals surface area contributed by atoms with Crippen LogP contribution in [0.4, 0.5) is 5.69 Å². The number of rotatable bonds is 7. The Balaban J connectivity index is 2.17. The summed E-state index contributed by atoms with van der Waals surface area (Å²) >= 11 is 5.79. The van der Waals surface area contributed by atoms with Crippen LogP contribution < -0.4 is 10.0 Å². The quantitative estimate of drug-likeness (QED) is 0.734. The predicted molar refractivity (Wildman–Crippen MR) is 95.9 cm³/mol. The fraction of sp³-hybridized carbons (Fsp3) is 0.235. The average molecular weight is 367 g/mol. The zero-order valence-electron chi connectivity index (χ0n) is 13.3. The zero-order chi connectivity index (χ0) is 17.6. The van der Waals surface area contributed by atoms with Gasteiger partial charge in [0.25, 0.3) is 15.9 Å². The van der Waals surface area contributed by atoms with Crippen molar-refractivity contribution >= 4 is 33.2 Å². The van der Waals surface area contributed by atoms with Crippen LogP contribution in [0.15, 0.2) is 53.4 Å². The second-order valence-corrected chi connectivity index (χ2v) is 7.37. The van der Waals surface area contributed by atoms with Gasteiger partial charge in [-0.1, -0.05) is 31.0 Å². The molecule has 0 aliphatic heterocycles. The third-order valence-corrected chi connectivity index (χ3v) is 4.95. The lowest BCUT2D eigenvalue weighted by atomic mass is 10.2. The van der Waals surface area contributed by atoms with Crippen LogP contribution in [0, 0.1) is 0 Å². The van der Waals surface area contributed by atoms with Crippen molar-refractivity contribution in [3.8, 4) is 0 Å². The van der Waals surface area contributed by atoms with E-state index in [0.29, 0.717) is 22.8 Å². The second-order valence-electron chi connectivity index (χ2n) is 5.25. The molecule has 0 aromatic heterocycles. The van der Waals surface area contributed by atoms with Crippen LogP contribution in [0.2, 0.25) is 5.02 Å². The molecule has 2 aromatic carbocycles. The number of carbonyl (C=O) groups excluding carboxylic acids is 1. The highest BCUT2D eigenvalue weighted by molar-refractivity contribution is 7.92. The number of carbonyl (C=O) groups is 1. The van der Waals surface area contributed by atoms with Gasteiger partial charge in [0, 0.05) is 22.8 Å². The Bertz CT molecular complexity index is 805. The molecule has 0 aliphatic rings. The molecule has 7 heteroatoms. The molecule has 0 spiro atoms. The van der Waals surface area contributed by atoms with Gasteiger partial charge in [-0.15, -0.1) is 0 Å². The summed E-state index contributed by atoms with van der Waals surface area (Å²) in [7, 11) is -3.78. The van der Waals surface area contributed by atoms with Gasteiger partial charge in [-0.3, -0.25) is 9.52 Å². The average Bonchev–Trinajstić information content (AvgIpc) is 2.57. The van der Waals surface area contributed by atoms with Gasteiger partial charge in [-0.05, 0) is 48.9 Å². The van der Waals surface area contributed by atoms with E-state index in [-0.39, 0.29) is 10.8 Å². The van der Waals surface area contributed by atoms with E-state index < -0.39 is 10.0 Å². The number of nitrogens with one attached hydrogen (secondary N) is 2. The summed E-state index contributed by atoms with van der Waals surface area (Å²) in [6, 6.07) is 12.3. The Morgan fingerprint density at radius 2 is 1.83 bits per heavy atom. The largest absolute Gasteiger partial charge is 0.352 e. The Morgan fingerprint density at radius 1 is 1.12 bits per heavy atom. The van der Waals surface area contributed by atoms with Gasteiger partial charge in [-0.25, -0.2) is 8.42 Å². The number of amides is 1. The summed E-state index contributed by atoms with van der Waals surface area (Å²) in [5.74, 6) is -0.285. The van der Waals surface area contributed by atoms with Crippen molar-refractivity contribution in [2.24, 2.45) is 0 Å². The van der Waals surface area contributed by atoms with Gasteiger partial charge in [0.2, 0.25) is 0 Å². The maximum Gasteiger partial charge on any atom is 0.261 e. The molecule has 24 heavy (non-hydrogen) atoms. The van der Waals surface area contributed by atoms with E-state index in [2.05, 4.69) is 10.0 Å². The Hall–Kier alpha value is -2.05. The van der Waals surface area contributed by atoms with Crippen molar-refractivity contribution in [2.45, 2.75) is 24.7 Å². The van der Waals surface area contributed by atoms with Gasteiger partial charge >= 0.3 is 0 Å². The van der Waals surface area contributed by atoms with Crippen molar-refractivity contribution in [1.29, 1.82) is 0 Å². The minimum atomic E-state index is -3.78. The number of hydrogen-bond acceptors (Lipinski definition) is 3. The molecular formula is C17H19ClN2O3S. The molecule has 0 saturated carbocycles. The van der Waals surface area contributed by atoms with E-state index in [1.54, 1.807) is 36.4 Å². The number of hydrogen-bond donors (Lipinski definition) is 2. The number of unbranched alkanes of at least 4 members (excludes halogenated alkanes) is 1. The number of halogens is 1. The molecule has 2 aromatic rings. The molecule has 128 valence electrons. The lowest BCUT2D eigenvalue weighted by Crippen LogP contribution is -2.24. The van der Waals surface area contributed by atoms with Gasteiger partial charge in [0.05, 0.1) is 4.90 Å². The highest BCUT2D eigenvalue weighted by atomic mass is 35.5. The van der Waals surface area contributed by atoms with Gasteiger partial charge < -0.3 is 5.32 Å². The minimum Gasteiger partial charge on any atom is -0.352 e. The fourth-order valence-electron chi connectivity index (χ4n) is 2.02. The Kier molecular flexibility index (Phi) is 6.23. The second kappa shape index (κ2) is 8.17. The summed E-state index contributed by atoms with van der Waals surface area (Å²) in [5, 5.41) is 3.28. The van der Waals surface area contributed by atoms with Crippen LogP contribution in [-0.2, 0) is 10.0 Å². The summed E-state index contributed by atoms with van der Waals surface area (Å²) in [4.78, 5) is 12.1. The first-order valence-electron chi connectivity index (χ1n) is 7.59. The molecule has 0 bridgehead atoms. The van der Waals surface area contributed by atoms with Gasteiger partial charge in [0.15, 0.2) is 0 Å². The van der Waals surface area contributed by atoms with E-state index in [4.69, 9.17) is 11.6 Å². The first-order valence-corrected chi connectivity index (χ1v) is 9.45. The summed E-state index contributed by atoms with van der Waals surface area (Å²) in [6.07, 6.45) is 1.85. The van der Waals surface area contributed by atoms with Crippen molar-refractivity contribution in [1.82, 2.24) is 5.32 Å². The molecule has 0 fully saturated rings. The summed E-state index contributed by atoms with van der Waals surface area (Å²) in [5.41, 5.74) is 0.710. The van der Waals surface area contributed by atoms with Crippen molar-refractivity contribution in [2.75, 3.05) is 11.3 Å². The van der Waals surface area contributed by atoms with Crippen LogP contribution in [0.1, 0.15) is 30.1 Å². The predicted octanol–water partition coefficient (Wildman–Crippen LogP) is 3.67. The lowest BCUT2D eigenvalue weighted by molar-refractivity contribution is 0.0953. The van der Waals surface area contributed by atoms with Crippen LogP contribution in [0.5, 0.6) is 0 Å². The number of sulfonamides is 1. The molecule has 2 N–H and O–H groups in total. The highest BCUT2D eigenvalue weighted by Gasteiger charge is 2.16. The maximum absolute atomic E-state index is 12.4. The van der Waals surface area contributed by atoms with Crippen molar-refractivity contribution < 1.29 is 13.2 Å². The molecule has 0 saturated heterocycles. The standard InChI is InChI=1S/C17H19ClN2O3S/c1-2-3-11-19-17(21)13-5-4-6-16(12-13)24(22,23)20-15-9-7-14(18)8-10-15/h4-10,12,20H,2-3,11H2,1H3,(H,19,21). The third kappa shape index (κ3) is 4.97. The van der Waals surface area contributed by atoms with Crippen LogP contribution in [0.3, 0.4) is 0 Å². The minimum absolute atomic E-state index is 0.0283. The first kappa shape index (κ1) is 18.3. The van der Waals surface area contributed by atoms with Crippen LogP contribution in [-0.4, -0.2) is 20.9 Å². The molecule has 0 unspecified atom stereocenters. The van der Waals surface area contributed by atoms with Gasteiger partial charge in [0.1, 0.15) is 0 Å². The smallest absolute Gasteiger partial charge is 0.261 e. The monoisotopic (exact) mass is 366 g/mol. The van der Waals surface area contributed by atoms with Crippen molar-refractivity contribution in [3.63, 3.8) is 0 Å². The topological polar surface area (TPSA) is 75.3 Å². The zero-order valence-corrected chi connectivity index (χ0v) is 14.8. The van der Waals surface area contributed by atoms with E-state index in [1.807, 2.05) is 6.92 Å². The Labute approximate surface area is 147 Å². The molecular weight excluding hydrogens is 348 g/mol. The third-order valence-electron chi connectivity index (χ3n) is 3.32. The first-order chi connectivity index (χ1) is 11.4. The Morgan fingerprint density at radius 3 is 2.50 bits per heavy atom. The summed E-state index contributed by atoms with van der Waals surface area (Å²) < 4.78 is 27.4. The van der Waals surface area contributed by atoms with Gasteiger partial charge in [-0.2, -0.15) is 0 Å². The number of anilines is 1. The SMILES string of the molecule is CCCCNC(=O)c1cccc(S(=O)(=O)Nc2ccc(Cl)cc2)c1. The normalized spacial score (nSPS) is 11.1. The van der Waals surface area contributed by atoms with E-state index >= 15 is 0 Å².